The zero-order chi connectivity index (χ0) is 22.7. The van der Waals surface area contributed by atoms with Crippen molar-refractivity contribution < 1.29 is 14.3 Å². The Bertz CT molecular complexity index is 1110. The fraction of sp³-hybridized carbons (Fsp3) is 0.308. The molecular weight excluding hydrogens is 402 g/mol. The summed E-state index contributed by atoms with van der Waals surface area (Å²) in [6.07, 6.45) is 0.226. The number of carbonyl (C=O) groups is 2. The molecule has 1 aliphatic heterocycles. The molecule has 0 radical (unpaired) electrons. The highest BCUT2D eigenvalue weighted by Crippen LogP contribution is 2.32. The number of hydrogen-bond acceptors (Lipinski definition) is 4. The number of rotatable bonds is 7. The van der Waals surface area contributed by atoms with E-state index < -0.39 is 0 Å². The summed E-state index contributed by atoms with van der Waals surface area (Å²) in [4.78, 5) is 29.6. The SMILES string of the molecule is COc1ccc(C(CNC(=O)C2CC(=O)N(c3cccc4ccccc34)C2)N(C)C)cc1. The Morgan fingerprint density at radius 3 is 2.53 bits per heavy atom. The molecule has 1 saturated heterocycles. The molecule has 1 fully saturated rings. The molecule has 3 aromatic carbocycles. The van der Waals surface area contributed by atoms with Crippen LogP contribution in [0.15, 0.2) is 66.7 Å². The fourth-order valence-electron chi connectivity index (χ4n) is 4.33. The van der Waals surface area contributed by atoms with Crippen molar-refractivity contribution >= 4 is 28.3 Å². The van der Waals surface area contributed by atoms with Gasteiger partial charge in [-0.15, -0.1) is 0 Å². The fourth-order valence-corrected chi connectivity index (χ4v) is 4.33. The molecule has 0 spiro atoms. The number of benzene rings is 3. The highest BCUT2D eigenvalue weighted by atomic mass is 16.5. The number of nitrogens with zero attached hydrogens (tertiary/aromatic N) is 2. The second-order valence-electron chi connectivity index (χ2n) is 8.40. The lowest BCUT2D eigenvalue weighted by Crippen LogP contribution is -2.38. The van der Waals surface area contributed by atoms with E-state index in [1.165, 1.54) is 0 Å². The molecule has 3 aromatic rings. The second kappa shape index (κ2) is 9.40. The number of carbonyl (C=O) groups excluding carboxylic acids is 2. The Hall–Kier alpha value is -3.38. The van der Waals surface area contributed by atoms with E-state index in [0.29, 0.717) is 13.1 Å². The zero-order valence-electron chi connectivity index (χ0n) is 18.7. The molecule has 1 N–H and O–H groups in total. The Morgan fingerprint density at radius 2 is 1.81 bits per heavy atom. The maximum Gasteiger partial charge on any atom is 0.227 e. The van der Waals surface area contributed by atoms with E-state index in [4.69, 9.17) is 4.74 Å². The third-order valence-electron chi connectivity index (χ3n) is 6.15. The van der Waals surface area contributed by atoms with Crippen molar-refractivity contribution in [2.45, 2.75) is 12.5 Å². The summed E-state index contributed by atoms with van der Waals surface area (Å²) in [7, 11) is 5.62. The average Bonchev–Trinajstić information content (AvgIpc) is 3.20. The quantitative estimate of drug-likeness (QED) is 0.621. The van der Waals surface area contributed by atoms with Gasteiger partial charge in [0.1, 0.15) is 5.75 Å². The monoisotopic (exact) mass is 431 g/mol. The van der Waals surface area contributed by atoms with E-state index >= 15 is 0 Å². The molecule has 6 heteroatoms. The van der Waals surface area contributed by atoms with E-state index in [9.17, 15) is 9.59 Å². The molecule has 2 amide bonds. The zero-order valence-corrected chi connectivity index (χ0v) is 18.7. The van der Waals surface area contributed by atoms with Crippen molar-refractivity contribution in [3.63, 3.8) is 0 Å². The number of nitrogens with one attached hydrogen (secondary N) is 1. The van der Waals surface area contributed by atoms with Crippen LogP contribution in [0.2, 0.25) is 0 Å². The average molecular weight is 432 g/mol. The minimum Gasteiger partial charge on any atom is -0.497 e. The van der Waals surface area contributed by atoms with Crippen molar-refractivity contribution in [2.75, 3.05) is 39.2 Å². The van der Waals surface area contributed by atoms with Gasteiger partial charge in [0.25, 0.3) is 0 Å². The summed E-state index contributed by atoms with van der Waals surface area (Å²) in [5, 5.41) is 5.18. The van der Waals surface area contributed by atoms with Gasteiger partial charge in [0, 0.05) is 24.9 Å². The highest BCUT2D eigenvalue weighted by molar-refractivity contribution is 6.06. The van der Waals surface area contributed by atoms with Gasteiger partial charge in [0.05, 0.1) is 24.8 Å². The van der Waals surface area contributed by atoms with Crippen LogP contribution in [0.1, 0.15) is 18.0 Å². The number of methoxy groups -OCH3 is 1. The summed E-state index contributed by atoms with van der Waals surface area (Å²) in [5.41, 5.74) is 1.96. The molecule has 2 unspecified atom stereocenters. The van der Waals surface area contributed by atoms with Gasteiger partial charge < -0.3 is 19.9 Å². The third kappa shape index (κ3) is 4.46. The van der Waals surface area contributed by atoms with Crippen molar-refractivity contribution in [1.82, 2.24) is 10.2 Å². The Morgan fingerprint density at radius 1 is 1.09 bits per heavy atom. The lowest BCUT2D eigenvalue weighted by Gasteiger charge is -2.26. The summed E-state index contributed by atoms with van der Waals surface area (Å²) in [6.45, 7) is 0.866. The van der Waals surface area contributed by atoms with Crippen molar-refractivity contribution in [3.8, 4) is 5.75 Å². The molecule has 166 valence electrons. The van der Waals surface area contributed by atoms with Gasteiger partial charge in [0.15, 0.2) is 0 Å². The van der Waals surface area contributed by atoms with E-state index in [2.05, 4.69) is 10.2 Å². The van der Waals surface area contributed by atoms with Crippen LogP contribution in [-0.2, 0) is 9.59 Å². The first-order valence-electron chi connectivity index (χ1n) is 10.8. The largest absolute Gasteiger partial charge is 0.497 e. The molecule has 0 aliphatic carbocycles. The van der Waals surface area contributed by atoms with Gasteiger partial charge in [-0.2, -0.15) is 0 Å². The van der Waals surface area contributed by atoms with Crippen LogP contribution >= 0.6 is 0 Å². The number of hydrogen-bond donors (Lipinski definition) is 1. The van der Waals surface area contributed by atoms with Gasteiger partial charge in [-0.05, 0) is 43.2 Å². The normalized spacial score (nSPS) is 17.1. The van der Waals surface area contributed by atoms with E-state index in [1.807, 2.05) is 80.8 Å². The Labute approximate surface area is 188 Å². The first kappa shape index (κ1) is 21.8. The van der Waals surface area contributed by atoms with E-state index in [-0.39, 0.29) is 30.2 Å². The maximum absolute atomic E-state index is 13.0. The van der Waals surface area contributed by atoms with Crippen LogP contribution in [0.5, 0.6) is 5.75 Å². The minimum absolute atomic E-state index is 0.0131. The molecule has 0 bridgehead atoms. The number of anilines is 1. The number of likely N-dealkylation sites (N-methyl/N-ethyl adjacent to an activating group) is 1. The minimum atomic E-state index is -0.361. The third-order valence-corrected chi connectivity index (χ3v) is 6.15. The van der Waals surface area contributed by atoms with Gasteiger partial charge >= 0.3 is 0 Å². The summed E-state index contributed by atoms with van der Waals surface area (Å²) in [5.74, 6) is 0.343. The molecule has 2 atom stereocenters. The Kier molecular flexibility index (Phi) is 6.42. The summed E-state index contributed by atoms with van der Waals surface area (Å²) in [6, 6.07) is 21.8. The Balaban J connectivity index is 1.44. The van der Waals surface area contributed by atoms with Gasteiger partial charge in [0.2, 0.25) is 11.8 Å². The first-order valence-corrected chi connectivity index (χ1v) is 10.8. The van der Waals surface area contributed by atoms with Gasteiger partial charge in [-0.25, -0.2) is 0 Å². The molecule has 1 heterocycles. The highest BCUT2D eigenvalue weighted by Gasteiger charge is 2.35. The van der Waals surface area contributed by atoms with Crippen LogP contribution in [0.3, 0.4) is 0 Å². The molecule has 1 aliphatic rings. The summed E-state index contributed by atoms with van der Waals surface area (Å²) >= 11 is 0. The van der Waals surface area contributed by atoms with Crippen LogP contribution in [0.4, 0.5) is 5.69 Å². The molecule has 6 nitrogen and oxygen atoms in total. The van der Waals surface area contributed by atoms with Gasteiger partial charge in [-0.3, -0.25) is 9.59 Å². The predicted octanol–water partition coefficient (Wildman–Crippen LogP) is 3.62. The van der Waals surface area contributed by atoms with Crippen molar-refractivity contribution in [2.24, 2.45) is 5.92 Å². The molecular formula is C26H29N3O3. The van der Waals surface area contributed by atoms with E-state index in [1.54, 1.807) is 12.0 Å². The topological polar surface area (TPSA) is 61.9 Å². The lowest BCUT2D eigenvalue weighted by atomic mass is 10.0. The maximum atomic E-state index is 13.0. The van der Waals surface area contributed by atoms with Crippen LogP contribution in [-0.4, -0.2) is 51.0 Å². The van der Waals surface area contributed by atoms with Crippen LogP contribution < -0.4 is 15.0 Å². The second-order valence-corrected chi connectivity index (χ2v) is 8.40. The number of amides is 2. The molecule has 4 rings (SSSR count). The molecule has 0 saturated carbocycles. The molecule has 32 heavy (non-hydrogen) atoms. The van der Waals surface area contributed by atoms with Gasteiger partial charge in [-0.1, -0.05) is 48.5 Å². The predicted molar refractivity (Wildman–Crippen MR) is 127 cm³/mol. The lowest BCUT2D eigenvalue weighted by molar-refractivity contribution is -0.126. The number of fused-ring (bicyclic) bond motifs is 1. The van der Waals surface area contributed by atoms with E-state index in [0.717, 1.165) is 27.8 Å². The van der Waals surface area contributed by atoms with Crippen LogP contribution in [0.25, 0.3) is 10.8 Å². The van der Waals surface area contributed by atoms with Crippen LogP contribution in [0, 0.1) is 5.92 Å². The van der Waals surface area contributed by atoms with Crippen molar-refractivity contribution in [1.29, 1.82) is 0 Å². The smallest absolute Gasteiger partial charge is 0.227 e. The standard InChI is InChI=1S/C26H29N3O3/c1-28(2)24(19-11-13-21(32-3)14-12-19)16-27-26(31)20-15-25(30)29(17-20)23-10-6-8-18-7-4-5-9-22(18)23/h4-14,20,24H,15-17H2,1-3H3,(H,27,31). The number of ether oxygens (including phenoxy) is 1. The summed E-state index contributed by atoms with van der Waals surface area (Å²) < 4.78 is 5.24. The first-order chi connectivity index (χ1) is 15.5. The molecule has 0 aromatic heterocycles. The van der Waals surface area contributed by atoms with Crippen molar-refractivity contribution in [3.05, 3.63) is 72.3 Å².